The molecule has 1 saturated heterocycles. The zero-order valence-corrected chi connectivity index (χ0v) is 13.1. The van der Waals surface area contributed by atoms with Gasteiger partial charge in [-0.05, 0) is 49.4 Å². The van der Waals surface area contributed by atoms with Gasteiger partial charge in [0.15, 0.2) is 6.20 Å². The molecular weight excluding hydrogens is 284 g/mol. The van der Waals surface area contributed by atoms with E-state index in [9.17, 15) is 10.0 Å². The van der Waals surface area contributed by atoms with E-state index in [-0.39, 0.29) is 5.91 Å². The first kappa shape index (κ1) is 14.7. The van der Waals surface area contributed by atoms with Crippen LogP contribution < -0.4 is 4.73 Å². The van der Waals surface area contributed by atoms with E-state index in [1.165, 1.54) is 43.6 Å². The Morgan fingerprint density at radius 2 is 2.10 bits per heavy atom. The summed E-state index contributed by atoms with van der Waals surface area (Å²) in [5, 5.41) is 12.2. The quantitative estimate of drug-likeness (QED) is 0.490. The average Bonchev–Trinajstić information content (AvgIpc) is 2.53. The first-order chi connectivity index (χ1) is 10.3. The molecule has 0 spiro atoms. The van der Waals surface area contributed by atoms with Crippen LogP contribution in [-0.4, -0.2) is 29.1 Å². The molecule has 0 aromatic carbocycles. The summed E-state index contributed by atoms with van der Waals surface area (Å²) in [4.78, 5) is 14.6. The summed E-state index contributed by atoms with van der Waals surface area (Å²) >= 11 is 1.35. The third-order valence-electron chi connectivity index (χ3n) is 4.70. The van der Waals surface area contributed by atoms with Gasteiger partial charge >= 0.3 is 0 Å². The number of nitrogens with zero attached hydrogens (tertiary/aromatic N) is 2. The summed E-state index contributed by atoms with van der Waals surface area (Å²) in [6.07, 6.45) is 8.89. The van der Waals surface area contributed by atoms with Crippen LogP contribution in [0.15, 0.2) is 29.4 Å². The number of fused-ring (bicyclic) bond motifs is 1. The van der Waals surface area contributed by atoms with Gasteiger partial charge in [0.2, 0.25) is 5.91 Å². The molecule has 0 bridgehead atoms. The lowest BCUT2D eigenvalue weighted by Gasteiger charge is -2.44. The Hall–Kier alpha value is -1.23. The van der Waals surface area contributed by atoms with Crippen LogP contribution in [0.5, 0.6) is 0 Å². The molecule has 1 aliphatic carbocycles. The Labute approximate surface area is 130 Å². The minimum absolute atomic E-state index is 0.195. The van der Waals surface area contributed by atoms with E-state index in [4.69, 9.17) is 0 Å². The molecule has 1 aromatic heterocycles. The molecule has 2 fully saturated rings. The van der Waals surface area contributed by atoms with Crippen molar-refractivity contribution in [3.63, 3.8) is 0 Å². The van der Waals surface area contributed by atoms with Crippen LogP contribution in [0.2, 0.25) is 0 Å². The summed E-state index contributed by atoms with van der Waals surface area (Å²) < 4.78 is 0.831. The number of pyridine rings is 1. The molecule has 3 rings (SSSR count). The highest BCUT2D eigenvalue weighted by atomic mass is 32.2. The lowest BCUT2D eigenvalue weighted by atomic mass is 9.78. The number of piperidine rings is 1. The molecule has 2 atom stereocenters. The Morgan fingerprint density at radius 1 is 1.29 bits per heavy atom. The van der Waals surface area contributed by atoms with Crippen LogP contribution in [0.3, 0.4) is 0 Å². The van der Waals surface area contributed by atoms with Crippen molar-refractivity contribution in [2.24, 2.45) is 5.92 Å². The highest BCUT2D eigenvalue weighted by Crippen LogP contribution is 2.35. The van der Waals surface area contributed by atoms with Crippen LogP contribution in [0, 0.1) is 11.1 Å². The Morgan fingerprint density at radius 3 is 2.95 bits per heavy atom. The number of thioether (sulfide) groups is 1. The largest absolute Gasteiger partial charge is 0.618 e. The second-order valence-corrected chi connectivity index (χ2v) is 6.99. The number of rotatable bonds is 3. The van der Waals surface area contributed by atoms with Gasteiger partial charge in [-0.3, -0.25) is 4.79 Å². The lowest BCUT2D eigenvalue weighted by molar-refractivity contribution is -0.645. The second-order valence-electron chi connectivity index (χ2n) is 5.99. The fourth-order valence-corrected chi connectivity index (χ4v) is 4.48. The molecule has 2 unspecified atom stereocenters. The van der Waals surface area contributed by atoms with Gasteiger partial charge in [-0.15, -0.1) is 0 Å². The molecular formula is C16H22N2O2S. The van der Waals surface area contributed by atoms with Crippen LogP contribution in [0.1, 0.15) is 38.5 Å². The molecule has 4 nitrogen and oxygen atoms in total. The van der Waals surface area contributed by atoms with Gasteiger partial charge in [0.05, 0.1) is 5.75 Å². The molecule has 1 amide bonds. The predicted octanol–water partition coefficient (Wildman–Crippen LogP) is 2.59. The standard InChI is InChI=1S/C16H22N2O2S/c19-15(12-21-16-9-3-4-11-18(16)20)17-10-5-7-13-6-1-2-8-14(13)17/h3-4,9,11,13-14H,1-2,5-8,10,12H2. The minimum Gasteiger partial charge on any atom is -0.618 e. The topological polar surface area (TPSA) is 47.2 Å². The summed E-state index contributed by atoms with van der Waals surface area (Å²) in [5.41, 5.74) is 0. The average molecular weight is 306 g/mol. The number of likely N-dealkylation sites (tertiary alicyclic amines) is 1. The van der Waals surface area contributed by atoms with Gasteiger partial charge in [0.25, 0.3) is 5.03 Å². The normalized spacial score (nSPS) is 25.4. The van der Waals surface area contributed by atoms with Gasteiger partial charge < -0.3 is 10.1 Å². The fourth-order valence-electron chi connectivity index (χ4n) is 3.68. The number of aromatic nitrogens is 1. The molecule has 2 aliphatic rings. The second kappa shape index (κ2) is 6.69. The number of hydrogen-bond donors (Lipinski definition) is 0. The molecule has 1 aromatic rings. The first-order valence-corrected chi connectivity index (χ1v) is 8.85. The maximum atomic E-state index is 12.5. The predicted molar refractivity (Wildman–Crippen MR) is 82.8 cm³/mol. The molecule has 114 valence electrons. The maximum Gasteiger partial charge on any atom is 0.251 e. The zero-order valence-electron chi connectivity index (χ0n) is 12.2. The monoisotopic (exact) mass is 306 g/mol. The number of carbonyl (C=O) groups excluding carboxylic acids is 1. The van der Waals surface area contributed by atoms with Crippen molar-refractivity contribution in [1.29, 1.82) is 0 Å². The number of hydrogen-bond acceptors (Lipinski definition) is 3. The van der Waals surface area contributed by atoms with Crippen molar-refractivity contribution in [3.05, 3.63) is 29.6 Å². The van der Waals surface area contributed by atoms with Gasteiger partial charge in [0.1, 0.15) is 0 Å². The van der Waals surface area contributed by atoms with Gasteiger partial charge in [0, 0.05) is 24.7 Å². The van der Waals surface area contributed by atoms with Crippen LogP contribution in [0.4, 0.5) is 0 Å². The minimum atomic E-state index is 0.195. The van der Waals surface area contributed by atoms with Crippen molar-refractivity contribution >= 4 is 17.7 Å². The van der Waals surface area contributed by atoms with Gasteiger partial charge in [-0.1, -0.05) is 12.8 Å². The zero-order chi connectivity index (χ0) is 14.7. The van der Waals surface area contributed by atoms with E-state index < -0.39 is 0 Å². The highest BCUT2D eigenvalue weighted by Gasteiger charge is 2.35. The van der Waals surface area contributed by atoms with Crippen molar-refractivity contribution in [2.75, 3.05) is 12.3 Å². The molecule has 0 N–H and O–H groups in total. The smallest absolute Gasteiger partial charge is 0.251 e. The SMILES string of the molecule is O=C(CSc1cccc[n+]1[O-])N1CCCC2CCCCC21. The molecule has 1 aliphatic heterocycles. The van der Waals surface area contributed by atoms with Crippen LogP contribution in [-0.2, 0) is 4.79 Å². The van der Waals surface area contributed by atoms with Crippen LogP contribution >= 0.6 is 11.8 Å². The summed E-state index contributed by atoms with van der Waals surface area (Å²) in [6.45, 7) is 0.896. The van der Waals surface area contributed by atoms with Crippen LogP contribution in [0.25, 0.3) is 0 Å². The van der Waals surface area contributed by atoms with E-state index >= 15 is 0 Å². The maximum absolute atomic E-state index is 12.5. The Balaban J connectivity index is 1.60. The van der Waals surface area contributed by atoms with E-state index in [1.807, 2.05) is 6.07 Å². The fraction of sp³-hybridized carbons (Fsp3) is 0.625. The molecule has 2 heterocycles. The molecule has 1 saturated carbocycles. The van der Waals surface area contributed by atoms with Gasteiger partial charge in [-0.25, -0.2) is 0 Å². The summed E-state index contributed by atoms with van der Waals surface area (Å²) in [7, 11) is 0. The molecule has 5 heteroatoms. The van der Waals surface area contributed by atoms with E-state index in [0.29, 0.717) is 22.7 Å². The van der Waals surface area contributed by atoms with Crippen molar-refractivity contribution < 1.29 is 9.52 Å². The van der Waals surface area contributed by atoms with Crippen molar-refractivity contribution in [2.45, 2.75) is 49.6 Å². The third-order valence-corrected chi connectivity index (χ3v) is 5.70. The van der Waals surface area contributed by atoms with E-state index in [1.54, 1.807) is 12.1 Å². The van der Waals surface area contributed by atoms with Crippen molar-refractivity contribution in [3.8, 4) is 0 Å². The lowest BCUT2D eigenvalue weighted by Crippen LogP contribution is -2.50. The summed E-state index contributed by atoms with van der Waals surface area (Å²) in [6, 6.07) is 5.76. The first-order valence-electron chi connectivity index (χ1n) is 7.86. The van der Waals surface area contributed by atoms with E-state index in [2.05, 4.69) is 4.90 Å². The number of amides is 1. The summed E-state index contributed by atoms with van der Waals surface area (Å²) in [5.74, 6) is 1.28. The van der Waals surface area contributed by atoms with Crippen molar-refractivity contribution in [1.82, 2.24) is 4.90 Å². The Bertz CT molecular complexity index is 507. The van der Waals surface area contributed by atoms with E-state index in [0.717, 1.165) is 24.1 Å². The highest BCUT2D eigenvalue weighted by molar-refractivity contribution is 7.99. The Kier molecular flexibility index (Phi) is 4.68. The number of carbonyl (C=O) groups is 1. The third kappa shape index (κ3) is 3.34. The molecule has 21 heavy (non-hydrogen) atoms. The van der Waals surface area contributed by atoms with Gasteiger partial charge in [-0.2, -0.15) is 4.73 Å². The molecule has 0 radical (unpaired) electrons.